The quantitative estimate of drug-likeness (QED) is 0.587. The van der Waals surface area contributed by atoms with Crippen molar-refractivity contribution in [3.63, 3.8) is 0 Å². The first-order valence-electron chi connectivity index (χ1n) is 9.77. The fraction of sp³-hybridized carbons (Fsp3) is 0.500. The minimum Gasteiger partial charge on any atom is -0.337 e. The summed E-state index contributed by atoms with van der Waals surface area (Å²) in [6, 6.07) is 2.56. The average Bonchev–Trinajstić information content (AvgIpc) is 3.16. The second kappa shape index (κ2) is 9.64. The number of carbonyl (C=O) groups is 1. The number of nitrogens with zero attached hydrogens (tertiary/aromatic N) is 3. The van der Waals surface area contributed by atoms with Crippen LogP contribution in [0.5, 0.6) is 0 Å². The van der Waals surface area contributed by atoms with Crippen LogP contribution in [0, 0.1) is 0 Å². The van der Waals surface area contributed by atoms with E-state index in [9.17, 15) is 26.4 Å². The third-order valence-electron chi connectivity index (χ3n) is 4.75. The van der Waals surface area contributed by atoms with Crippen LogP contribution in [0.2, 0.25) is 0 Å². The predicted octanol–water partition coefficient (Wildman–Crippen LogP) is 2.66. The van der Waals surface area contributed by atoms with Crippen molar-refractivity contribution in [2.24, 2.45) is 0 Å². The zero-order valence-electron chi connectivity index (χ0n) is 16.5. The monoisotopic (exact) mass is 460 g/mol. The summed E-state index contributed by atoms with van der Waals surface area (Å²) in [5, 5.41) is 8.63. The number of hydrogen-bond acceptors (Lipinski definition) is 5. The molecule has 1 fully saturated rings. The third-order valence-corrected chi connectivity index (χ3v) is 6.18. The third kappa shape index (κ3) is 6.66. The van der Waals surface area contributed by atoms with Gasteiger partial charge in [0.2, 0.25) is 10.0 Å². The van der Waals surface area contributed by atoms with Crippen molar-refractivity contribution in [3.05, 3.63) is 36.2 Å². The molecule has 170 valence electrons. The van der Waals surface area contributed by atoms with Gasteiger partial charge in [-0.15, -0.1) is 5.10 Å². The number of urea groups is 1. The van der Waals surface area contributed by atoms with Gasteiger partial charge in [0.1, 0.15) is 5.56 Å². The summed E-state index contributed by atoms with van der Waals surface area (Å²) < 4.78 is 67.1. The minimum absolute atomic E-state index is 0.0144. The van der Waals surface area contributed by atoms with Crippen LogP contribution in [0.4, 0.5) is 23.8 Å². The Balaban J connectivity index is 1.52. The summed E-state index contributed by atoms with van der Waals surface area (Å²) in [5.74, 6) is -0.725. The van der Waals surface area contributed by atoms with Gasteiger partial charge in [0.25, 0.3) is 0 Å². The maximum atomic E-state index is 13.1. The van der Waals surface area contributed by atoms with Gasteiger partial charge in [-0.05, 0) is 25.0 Å². The minimum atomic E-state index is -4.61. The highest BCUT2D eigenvalue weighted by Gasteiger charge is 2.34. The molecule has 0 unspecified atom stereocenters. The fourth-order valence-corrected chi connectivity index (χ4v) is 4.53. The first-order valence-corrected chi connectivity index (χ1v) is 11.4. The lowest BCUT2D eigenvalue weighted by atomic mass is 9.96. The van der Waals surface area contributed by atoms with Crippen LogP contribution < -0.4 is 15.4 Å². The number of sulfonamides is 1. The zero-order valence-corrected chi connectivity index (χ0v) is 17.3. The molecule has 31 heavy (non-hydrogen) atoms. The Hall–Kier alpha value is -2.67. The Bertz CT molecular complexity index is 1000. The van der Waals surface area contributed by atoms with Gasteiger partial charge in [-0.3, -0.25) is 5.32 Å². The van der Waals surface area contributed by atoms with Gasteiger partial charge in [-0.25, -0.2) is 27.6 Å². The van der Waals surface area contributed by atoms with Crippen LogP contribution in [0.1, 0.15) is 37.7 Å². The van der Waals surface area contributed by atoms with Gasteiger partial charge >= 0.3 is 12.2 Å². The molecule has 1 saturated carbocycles. The van der Waals surface area contributed by atoms with Crippen molar-refractivity contribution in [1.29, 1.82) is 0 Å². The zero-order chi connectivity index (χ0) is 22.5. The molecular formula is C18H23F3N6O3S. The molecule has 9 nitrogen and oxygen atoms in total. The summed E-state index contributed by atoms with van der Waals surface area (Å²) in [4.78, 5) is 15.7. The number of alkyl halides is 3. The van der Waals surface area contributed by atoms with Crippen LogP contribution in [-0.2, 0) is 16.2 Å². The number of halogens is 3. The molecule has 3 N–H and O–H groups in total. The predicted molar refractivity (Wildman–Crippen MR) is 107 cm³/mol. The van der Waals surface area contributed by atoms with Crippen molar-refractivity contribution in [2.75, 3.05) is 17.6 Å². The number of anilines is 1. The molecule has 0 saturated heterocycles. The highest BCUT2D eigenvalue weighted by molar-refractivity contribution is 7.89. The second-order valence-corrected chi connectivity index (χ2v) is 9.04. The molecule has 1 aliphatic rings. The van der Waals surface area contributed by atoms with Crippen molar-refractivity contribution in [2.45, 2.75) is 44.3 Å². The Kier molecular flexibility index (Phi) is 7.15. The van der Waals surface area contributed by atoms with E-state index in [4.69, 9.17) is 0 Å². The van der Waals surface area contributed by atoms with Crippen molar-refractivity contribution < 1.29 is 26.4 Å². The average molecular weight is 460 g/mol. The number of amides is 2. The SMILES string of the molecule is O=C(NCCS(=O)(=O)NC1CCCCC1)Nc1ccn(-c2ncccc2C(F)(F)F)n1. The van der Waals surface area contributed by atoms with Gasteiger partial charge in [-0.2, -0.15) is 13.2 Å². The maximum Gasteiger partial charge on any atom is 0.420 e. The molecule has 13 heteroatoms. The van der Waals surface area contributed by atoms with Crippen molar-refractivity contribution in [1.82, 2.24) is 24.8 Å². The van der Waals surface area contributed by atoms with E-state index in [2.05, 4.69) is 25.4 Å². The Morgan fingerprint density at radius 2 is 1.94 bits per heavy atom. The fourth-order valence-electron chi connectivity index (χ4n) is 3.30. The summed E-state index contributed by atoms with van der Waals surface area (Å²) in [5.41, 5.74) is -0.968. The van der Waals surface area contributed by atoms with Crippen LogP contribution in [0.25, 0.3) is 5.82 Å². The van der Waals surface area contributed by atoms with E-state index in [0.29, 0.717) is 0 Å². The molecule has 1 aliphatic carbocycles. The van der Waals surface area contributed by atoms with E-state index in [1.807, 2.05) is 0 Å². The number of hydrogen-bond donors (Lipinski definition) is 3. The number of pyridine rings is 1. The molecule has 0 atom stereocenters. The van der Waals surface area contributed by atoms with Crippen LogP contribution in [0.3, 0.4) is 0 Å². The van der Waals surface area contributed by atoms with Gasteiger partial charge in [0.15, 0.2) is 11.6 Å². The highest BCUT2D eigenvalue weighted by Crippen LogP contribution is 2.32. The van der Waals surface area contributed by atoms with Gasteiger partial charge in [0, 0.05) is 31.0 Å². The molecule has 0 spiro atoms. The summed E-state index contributed by atoms with van der Waals surface area (Å²) in [6.07, 6.45) is 2.52. The lowest BCUT2D eigenvalue weighted by Gasteiger charge is -2.22. The lowest BCUT2D eigenvalue weighted by molar-refractivity contribution is -0.137. The summed E-state index contributed by atoms with van der Waals surface area (Å²) in [6.45, 7) is -0.132. The molecular weight excluding hydrogens is 437 g/mol. The van der Waals surface area contributed by atoms with Gasteiger partial charge in [-0.1, -0.05) is 19.3 Å². The second-order valence-electron chi connectivity index (χ2n) is 7.17. The molecule has 3 rings (SSSR count). The number of carbonyl (C=O) groups excluding carboxylic acids is 1. The van der Waals surface area contributed by atoms with Gasteiger partial charge in [0.05, 0.1) is 5.75 Å². The van der Waals surface area contributed by atoms with Crippen molar-refractivity contribution in [3.8, 4) is 5.82 Å². The summed E-state index contributed by atoms with van der Waals surface area (Å²) in [7, 11) is -3.53. The van der Waals surface area contributed by atoms with E-state index < -0.39 is 33.6 Å². The number of aromatic nitrogens is 3. The molecule has 0 aliphatic heterocycles. The first-order chi connectivity index (χ1) is 14.6. The largest absolute Gasteiger partial charge is 0.420 e. The van der Waals surface area contributed by atoms with Crippen LogP contribution in [0.15, 0.2) is 30.6 Å². The molecule has 2 aromatic rings. The Labute approximate surface area is 177 Å². The van der Waals surface area contributed by atoms with E-state index >= 15 is 0 Å². The van der Waals surface area contributed by atoms with E-state index in [0.717, 1.165) is 42.9 Å². The normalized spacial score (nSPS) is 15.6. The van der Waals surface area contributed by atoms with Crippen LogP contribution in [-0.4, -0.2) is 47.6 Å². The smallest absolute Gasteiger partial charge is 0.337 e. The number of nitrogens with one attached hydrogen (secondary N) is 3. The topological polar surface area (TPSA) is 118 Å². The summed E-state index contributed by atoms with van der Waals surface area (Å²) >= 11 is 0. The maximum absolute atomic E-state index is 13.1. The highest BCUT2D eigenvalue weighted by atomic mass is 32.2. The molecule has 2 heterocycles. The van der Waals surface area contributed by atoms with Gasteiger partial charge < -0.3 is 5.32 Å². The molecule has 0 bridgehead atoms. The molecule has 2 amide bonds. The molecule has 0 radical (unpaired) electrons. The van der Waals surface area contributed by atoms with E-state index in [-0.39, 0.29) is 24.2 Å². The Morgan fingerprint density at radius 3 is 2.65 bits per heavy atom. The Morgan fingerprint density at radius 1 is 1.19 bits per heavy atom. The first kappa shape index (κ1) is 23.0. The van der Waals surface area contributed by atoms with Crippen molar-refractivity contribution >= 4 is 21.9 Å². The van der Waals surface area contributed by atoms with E-state index in [1.165, 1.54) is 24.5 Å². The lowest BCUT2D eigenvalue weighted by Crippen LogP contribution is -2.41. The van der Waals surface area contributed by atoms with E-state index in [1.54, 1.807) is 0 Å². The molecule has 2 aromatic heterocycles. The van der Waals surface area contributed by atoms with Crippen LogP contribution >= 0.6 is 0 Å². The standard InChI is InChI=1S/C18H23F3N6O3S/c19-18(20,21)14-7-4-9-22-16(14)27-11-8-15(25-27)24-17(28)23-10-12-31(29,30)26-13-5-2-1-3-6-13/h4,7-9,11,13,26H,1-3,5-6,10,12H2,(H2,23,24,25,28). The number of rotatable bonds is 7. The molecule has 0 aromatic carbocycles.